The van der Waals surface area contributed by atoms with E-state index in [-0.39, 0.29) is 6.03 Å². The summed E-state index contributed by atoms with van der Waals surface area (Å²) in [4.78, 5) is 18.5. The Bertz CT molecular complexity index is 769. The molecule has 1 aliphatic heterocycles. The van der Waals surface area contributed by atoms with Crippen molar-refractivity contribution in [2.45, 2.75) is 38.3 Å². The summed E-state index contributed by atoms with van der Waals surface area (Å²) in [6.07, 6.45) is 6.09. The molecule has 0 bridgehead atoms. The summed E-state index contributed by atoms with van der Waals surface area (Å²) in [5, 5.41) is 14.4. The first-order chi connectivity index (χ1) is 13.2. The lowest BCUT2D eigenvalue weighted by atomic mass is 9.98. The average Bonchev–Trinajstić information content (AvgIpc) is 2.71. The van der Waals surface area contributed by atoms with Crippen molar-refractivity contribution in [2.75, 3.05) is 18.4 Å². The monoisotopic (exact) mass is 363 g/mol. The van der Waals surface area contributed by atoms with Crippen molar-refractivity contribution in [3.63, 3.8) is 0 Å². The van der Waals surface area contributed by atoms with Gasteiger partial charge in [-0.1, -0.05) is 36.8 Å². The molecule has 27 heavy (non-hydrogen) atoms. The van der Waals surface area contributed by atoms with Crippen LogP contribution in [0.2, 0.25) is 0 Å². The fourth-order valence-corrected chi connectivity index (χ4v) is 3.47. The van der Waals surface area contributed by atoms with Crippen LogP contribution in [0.15, 0.2) is 48.7 Å². The Kier molecular flexibility index (Phi) is 6.78. The van der Waals surface area contributed by atoms with E-state index in [1.165, 1.54) is 31.0 Å². The van der Waals surface area contributed by atoms with Crippen LogP contribution in [0.4, 0.5) is 10.5 Å². The summed E-state index contributed by atoms with van der Waals surface area (Å²) in [5.41, 5.74) is 2.25. The fraction of sp³-hybridized carbons (Fsp3) is 0.381. The van der Waals surface area contributed by atoms with Gasteiger partial charge in [-0.2, -0.15) is 5.26 Å². The number of anilines is 1. The van der Waals surface area contributed by atoms with Gasteiger partial charge in [0.25, 0.3) is 0 Å². The Labute approximate surface area is 160 Å². The number of nitriles is 1. The van der Waals surface area contributed by atoms with Crippen LogP contribution in [0, 0.1) is 11.3 Å². The molecule has 6 heteroatoms. The van der Waals surface area contributed by atoms with Crippen molar-refractivity contribution in [3.8, 4) is 6.07 Å². The number of pyridine rings is 1. The summed E-state index contributed by atoms with van der Waals surface area (Å²) in [6.45, 7) is 2.71. The highest BCUT2D eigenvalue weighted by atomic mass is 16.2. The van der Waals surface area contributed by atoms with E-state index in [0.717, 1.165) is 19.5 Å². The molecule has 0 unspecified atom stereocenters. The minimum absolute atomic E-state index is 0.244. The third-order valence-electron chi connectivity index (χ3n) is 4.88. The molecule has 6 nitrogen and oxygen atoms in total. The van der Waals surface area contributed by atoms with Crippen molar-refractivity contribution in [2.24, 2.45) is 0 Å². The first kappa shape index (κ1) is 18.9. The number of nitrogens with one attached hydrogen (secondary N) is 2. The molecule has 0 aliphatic carbocycles. The number of rotatable bonds is 6. The maximum absolute atomic E-state index is 12.1. The number of hydrogen-bond acceptors (Lipinski definition) is 4. The van der Waals surface area contributed by atoms with Gasteiger partial charge in [0, 0.05) is 19.1 Å². The van der Waals surface area contributed by atoms with E-state index in [0.29, 0.717) is 24.0 Å². The first-order valence-electron chi connectivity index (χ1n) is 9.43. The minimum Gasteiger partial charge on any atom is -0.338 e. The van der Waals surface area contributed by atoms with Crippen LogP contribution in [-0.2, 0) is 6.54 Å². The van der Waals surface area contributed by atoms with Crippen LogP contribution in [0.1, 0.15) is 36.9 Å². The van der Waals surface area contributed by atoms with Crippen LogP contribution in [-0.4, -0.2) is 35.0 Å². The molecule has 2 N–H and O–H groups in total. The van der Waals surface area contributed by atoms with Crippen molar-refractivity contribution in [1.29, 1.82) is 5.26 Å². The van der Waals surface area contributed by atoms with Gasteiger partial charge in [-0.05, 0) is 43.5 Å². The second kappa shape index (κ2) is 9.70. The van der Waals surface area contributed by atoms with E-state index in [4.69, 9.17) is 5.26 Å². The average molecular weight is 363 g/mol. The maximum atomic E-state index is 12.1. The smallest absolute Gasteiger partial charge is 0.319 e. The Balaban J connectivity index is 1.44. The molecule has 1 aliphatic rings. The SMILES string of the molecule is N#Cc1ccc(NC(=O)NCC[C@@H]2CCCCN2Cc2ccccc2)cn1. The summed E-state index contributed by atoms with van der Waals surface area (Å²) in [6, 6.07) is 16.0. The molecule has 2 heterocycles. The summed E-state index contributed by atoms with van der Waals surface area (Å²) in [7, 11) is 0. The molecule has 1 saturated heterocycles. The number of likely N-dealkylation sites (tertiary alicyclic amines) is 1. The molecule has 1 atom stereocenters. The predicted octanol–water partition coefficient (Wildman–Crippen LogP) is 3.52. The van der Waals surface area contributed by atoms with E-state index in [1.807, 2.05) is 12.1 Å². The van der Waals surface area contributed by atoms with E-state index in [9.17, 15) is 4.79 Å². The van der Waals surface area contributed by atoms with E-state index in [2.05, 4.69) is 44.8 Å². The van der Waals surface area contributed by atoms with Crippen LogP contribution in [0.3, 0.4) is 0 Å². The molecular weight excluding hydrogens is 338 g/mol. The summed E-state index contributed by atoms with van der Waals surface area (Å²) < 4.78 is 0. The van der Waals surface area contributed by atoms with Crippen LogP contribution in [0.25, 0.3) is 0 Å². The zero-order valence-electron chi connectivity index (χ0n) is 15.4. The Morgan fingerprint density at radius 2 is 2.07 bits per heavy atom. The number of nitrogens with zero attached hydrogens (tertiary/aromatic N) is 3. The molecule has 2 aromatic rings. The fourth-order valence-electron chi connectivity index (χ4n) is 3.47. The van der Waals surface area contributed by atoms with Crippen molar-refractivity contribution >= 4 is 11.7 Å². The lowest BCUT2D eigenvalue weighted by molar-refractivity contribution is 0.132. The van der Waals surface area contributed by atoms with Crippen LogP contribution < -0.4 is 10.6 Å². The first-order valence-corrected chi connectivity index (χ1v) is 9.43. The van der Waals surface area contributed by atoms with Gasteiger partial charge in [-0.3, -0.25) is 4.90 Å². The number of hydrogen-bond donors (Lipinski definition) is 2. The largest absolute Gasteiger partial charge is 0.338 e. The highest BCUT2D eigenvalue weighted by molar-refractivity contribution is 5.88. The van der Waals surface area contributed by atoms with Crippen molar-refractivity contribution < 1.29 is 4.79 Å². The zero-order chi connectivity index (χ0) is 18.9. The normalized spacial score (nSPS) is 17.1. The third-order valence-corrected chi connectivity index (χ3v) is 4.88. The van der Waals surface area contributed by atoms with Gasteiger partial charge < -0.3 is 10.6 Å². The summed E-state index contributed by atoms with van der Waals surface area (Å²) >= 11 is 0. The molecule has 1 aromatic carbocycles. The molecular formula is C21H25N5O. The number of amides is 2. The molecule has 0 radical (unpaired) electrons. The Hall–Kier alpha value is -2.91. The van der Waals surface area contributed by atoms with E-state index >= 15 is 0 Å². The molecule has 0 saturated carbocycles. The van der Waals surface area contributed by atoms with Gasteiger partial charge in [0.2, 0.25) is 0 Å². The maximum Gasteiger partial charge on any atom is 0.319 e. The number of urea groups is 1. The van der Waals surface area contributed by atoms with Crippen LogP contribution >= 0.6 is 0 Å². The van der Waals surface area contributed by atoms with Gasteiger partial charge in [-0.15, -0.1) is 0 Å². The second-order valence-corrected chi connectivity index (χ2v) is 6.82. The zero-order valence-corrected chi connectivity index (χ0v) is 15.4. The van der Waals surface area contributed by atoms with Gasteiger partial charge >= 0.3 is 6.03 Å². The number of benzene rings is 1. The Morgan fingerprint density at radius 1 is 1.22 bits per heavy atom. The van der Waals surface area contributed by atoms with Gasteiger partial charge in [-0.25, -0.2) is 9.78 Å². The quantitative estimate of drug-likeness (QED) is 0.823. The predicted molar refractivity (Wildman–Crippen MR) is 105 cm³/mol. The number of piperidine rings is 1. The molecule has 1 fully saturated rings. The van der Waals surface area contributed by atoms with Gasteiger partial charge in [0.1, 0.15) is 11.8 Å². The van der Waals surface area contributed by atoms with Crippen molar-refractivity contribution in [3.05, 3.63) is 59.9 Å². The molecule has 140 valence electrons. The van der Waals surface area contributed by atoms with Crippen LogP contribution in [0.5, 0.6) is 0 Å². The van der Waals surface area contributed by atoms with Gasteiger partial charge in [0.05, 0.1) is 11.9 Å². The highest BCUT2D eigenvalue weighted by Crippen LogP contribution is 2.21. The molecule has 0 spiro atoms. The Morgan fingerprint density at radius 3 is 2.81 bits per heavy atom. The van der Waals surface area contributed by atoms with E-state index < -0.39 is 0 Å². The second-order valence-electron chi connectivity index (χ2n) is 6.82. The standard InChI is InChI=1S/C21H25N5O/c22-14-18-9-10-19(15-24-18)25-21(27)23-12-11-20-8-4-5-13-26(20)16-17-6-2-1-3-7-17/h1-3,6-7,9-10,15,20H,4-5,8,11-13,16H2,(H2,23,25,27)/t20-/m0/s1. The lowest BCUT2D eigenvalue weighted by Crippen LogP contribution is -2.41. The van der Waals surface area contributed by atoms with E-state index in [1.54, 1.807) is 12.1 Å². The number of carbonyl (C=O) groups is 1. The minimum atomic E-state index is -0.244. The molecule has 1 aromatic heterocycles. The number of aromatic nitrogens is 1. The summed E-state index contributed by atoms with van der Waals surface area (Å²) in [5.74, 6) is 0. The highest BCUT2D eigenvalue weighted by Gasteiger charge is 2.22. The van der Waals surface area contributed by atoms with Gasteiger partial charge in [0.15, 0.2) is 0 Å². The lowest BCUT2D eigenvalue weighted by Gasteiger charge is -2.36. The number of carbonyl (C=O) groups excluding carboxylic acids is 1. The van der Waals surface area contributed by atoms with Crippen molar-refractivity contribution in [1.82, 2.24) is 15.2 Å². The molecule has 3 rings (SSSR count). The molecule has 2 amide bonds. The third kappa shape index (κ3) is 5.80. The topological polar surface area (TPSA) is 81.0 Å².